The molecule has 374 valence electrons. The molecule has 0 aromatic carbocycles. The van der Waals surface area contributed by atoms with Gasteiger partial charge in [0.2, 0.25) is 5.91 Å². The fourth-order valence-corrected chi connectivity index (χ4v) is 8.98. The first-order chi connectivity index (χ1) is 30.8. The van der Waals surface area contributed by atoms with Crippen LogP contribution < -0.4 is 5.32 Å². The fraction of sp³-hybridized carbons (Fsp3) is 0.944. The predicted molar refractivity (Wildman–Crippen MR) is 263 cm³/mol. The molecule has 1 aliphatic heterocycles. The lowest BCUT2D eigenvalue weighted by molar-refractivity contribution is -0.302. The quantitative estimate of drug-likeness (QED) is 0.0261. The van der Waals surface area contributed by atoms with Crippen molar-refractivity contribution in [2.45, 2.75) is 314 Å². The normalized spacial score (nSPS) is 20.1. The lowest BCUT2D eigenvalue weighted by atomic mass is 9.99. The second-order valence-corrected chi connectivity index (χ2v) is 19.4. The van der Waals surface area contributed by atoms with E-state index in [1.807, 2.05) is 6.08 Å². The van der Waals surface area contributed by atoms with Crippen molar-refractivity contribution >= 4 is 5.91 Å². The van der Waals surface area contributed by atoms with Crippen LogP contribution in [0.2, 0.25) is 0 Å². The first-order valence-corrected chi connectivity index (χ1v) is 27.4. The van der Waals surface area contributed by atoms with Crippen molar-refractivity contribution in [3.05, 3.63) is 12.2 Å². The molecule has 63 heavy (non-hydrogen) atoms. The van der Waals surface area contributed by atoms with E-state index >= 15 is 0 Å². The molecule has 1 fully saturated rings. The van der Waals surface area contributed by atoms with E-state index < -0.39 is 49.5 Å². The Morgan fingerprint density at radius 2 is 0.873 bits per heavy atom. The van der Waals surface area contributed by atoms with Crippen molar-refractivity contribution in [2.75, 3.05) is 13.2 Å². The zero-order valence-corrected chi connectivity index (χ0v) is 41.4. The predicted octanol–water partition coefficient (Wildman–Crippen LogP) is 12.8. The van der Waals surface area contributed by atoms with Gasteiger partial charge in [0.1, 0.15) is 24.4 Å². The van der Waals surface area contributed by atoms with Gasteiger partial charge in [0, 0.05) is 6.42 Å². The molecule has 0 aliphatic carbocycles. The molecule has 1 heterocycles. The van der Waals surface area contributed by atoms with Crippen molar-refractivity contribution < 1.29 is 39.8 Å². The third-order valence-corrected chi connectivity index (χ3v) is 13.4. The zero-order chi connectivity index (χ0) is 45.9. The SMILES string of the molecule is CCCCCCCCCCCCCCCCCCCCCCCCCCCCCCC/C=C/C(O)C(COC1OC(CO)C(O)C(O)C1O)NC(=O)CCCCCCCCCCC. The molecule has 9 heteroatoms. The van der Waals surface area contributed by atoms with Crippen molar-refractivity contribution in [1.82, 2.24) is 5.32 Å². The fourth-order valence-electron chi connectivity index (χ4n) is 8.98. The minimum Gasteiger partial charge on any atom is -0.394 e. The van der Waals surface area contributed by atoms with E-state index in [2.05, 4.69) is 19.2 Å². The Kier molecular flexibility index (Phi) is 42.6. The van der Waals surface area contributed by atoms with E-state index in [-0.39, 0.29) is 12.5 Å². The number of nitrogens with one attached hydrogen (secondary N) is 1. The summed E-state index contributed by atoms with van der Waals surface area (Å²) in [5, 5.41) is 54.2. The van der Waals surface area contributed by atoms with Gasteiger partial charge in [0.05, 0.1) is 25.4 Å². The molecule has 0 aromatic heterocycles. The van der Waals surface area contributed by atoms with Crippen LogP contribution in [0, 0.1) is 0 Å². The summed E-state index contributed by atoms with van der Waals surface area (Å²) < 4.78 is 11.2. The molecule has 0 spiro atoms. The van der Waals surface area contributed by atoms with Crippen LogP contribution in [0.3, 0.4) is 0 Å². The molecule has 1 aliphatic rings. The molecule has 0 bridgehead atoms. The van der Waals surface area contributed by atoms with E-state index in [1.165, 1.54) is 212 Å². The van der Waals surface area contributed by atoms with Crippen molar-refractivity contribution in [2.24, 2.45) is 0 Å². The lowest BCUT2D eigenvalue weighted by Gasteiger charge is -2.40. The highest BCUT2D eigenvalue weighted by Gasteiger charge is 2.44. The van der Waals surface area contributed by atoms with Gasteiger partial charge in [-0.3, -0.25) is 4.79 Å². The van der Waals surface area contributed by atoms with Gasteiger partial charge in [-0.15, -0.1) is 0 Å². The number of aliphatic hydroxyl groups excluding tert-OH is 5. The maximum absolute atomic E-state index is 12.9. The van der Waals surface area contributed by atoms with Crippen molar-refractivity contribution in [1.29, 1.82) is 0 Å². The van der Waals surface area contributed by atoms with Crippen LogP contribution in [0.4, 0.5) is 0 Å². The standard InChI is InChI=1S/C54H105NO8/c1-3-5-7-9-11-13-14-15-16-17-18-19-20-21-22-23-24-25-26-27-28-29-30-31-32-33-34-36-37-39-41-43-48(57)47(46-62-54-53(61)52(60)51(59)49(45-56)63-54)55-50(58)44-42-40-38-35-12-10-8-6-4-2/h41,43,47-49,51-54,56-57,59-61H,3-40,42,44-46H2,1-2H3,(H,55,58)/b43-41+. The van der Waals surface area contributed by atoms with Gasteiger partial charge in [0.15, 0.2) is 6.29 Å². The minimum atomic E-state index is -1.56. The average molecular weight is 896 g/mol. The Balaban J connectivity index is 2.11. The van der Waals surface area contributed by atoms with Crippen LogP contribution in [0.25, 0.3) is 0 Å². The van der Waals surface area contributed by atoms with E-state index in [0.717, 1.165) is 38.5 Å². The number of ether oxygens (including phenoxy) is 2. The molecular formula is C54H105NO8. The van der Waals surface area contributed by atoms with Crippen LogP contribution in [0.15, 0.2) is 12.2 Å². The van der Waals surface area contributed by atoms with Gasteiger partial charge in [-0.1, -0.05) is 257 Å². The summed E-state index contributed by atoms with van der Waals surface area (Å²) in [6.07, 6.45) is 47.4. The first kappa shape index (κ1) is 59.9. The summed E-state index contributed by atoms with van der Waals surface area (Å²) in [4.78, 5) is 12.9. The summed E-state index contributed by atoms with van der Waals surface area (Å²) in [5.74, 6) is -0.177. The minimum absolute atomic E-state index is 0.177. The van der Waals surface area contributed by atoms with Crippen LogP contribution in [-0.2, 0) is 14.3 Å². The summed E-state index contributed by atoms with van der Waals surface area (Å²) in [6.45, 7) is 3.77. The molecule has 0 aromatic rings. The van der Waals surface area contributed by atoms with E-state index in [0.29, 0.717) is 6.42 Å². The molecule has 1 saturated heterocycles. The van der Waals surface area contributed by atoms with E-state index in [1.54, 1.807) is 6.08 Å². The highest BCUT2D eigenvalue weighted by Crippen LogP contribution is 2.23. The van der Waals surface area contributed by atoms with Crippen molar-refractivity contribution in [3.8, 4) is 0 Å². The van der Waals surface area contributed by atoms with Gasteiger partial charge in [-0.05, 0) is 19.3 Å². The van der Waals surface area contributed by atoms with Crippen LogP contribution in [0.5, 0.6) is 0 Å². The van der Waals surface area contributed by atoms with Gasteiger partial charge >= 0.3 is 0 Å². The number of rotatable bonds is 47. The molecule has 7 atom stereocenters. The highest BCUT2D eigenvalue weighted by atomic mass is 16.7. The number of hydrogen-bond acceptors (Lipinski definition) is 8. The number of hydrogen-bond donors (Lipinski definition) is 6. The maximum Gasteiger partial charge on any atom is 0.220 e. The summed E-state index contributed by atoms with van der Waals surface area (Å²) >= 11 is 0. The third-order valence-electron chi connectivity index (χ3n) is 13.4. The Morgan fingerprint density at radius 3 is 1.24 bits per heavy atom. The molecule has 7 unspecified atom stereocenters. The number of carbonyl (C=O) groups excluding carboxylic acids is 1. The van der Waals surface area contributed by atoms with Gasteiger partial charge < -0.3 is 40.3 Å². The number of carbonyl (C=O) groups is 1. The number of amides is 1. The topological polar surface area (TPSA) is 149 Å². The average Bonchev–Trinajstić information content (AvgIpc) is 3.28. The summed E-state index contributed by atoms with van der Waals surface area (Å²) in [7, 11) is 0. The number of aliphatic hydroxyl groups is 5. The Bertz CT molecular complexity index is 997. The van der Waals surface area contributed by atoms with Crippen LogP contribution in [-0.4, -0.2) is 87.5 Å². The lowest BCUT2D eigenvalue weighted by Crippen LogP contribution is -2.60. The Hall–Kier alpha value is -1.07. The number of unbranched alkanes of at least 4 members (excludes halogenated alkanes) is 37. The second-order valence-electron chi connectivity index (χ2n) is 19.4. The second kappa shape index (κ2) is 44.7. The highest BCUT2D eigenvalue weighted by molar-refractivity contribution is 5.76. The zero-order valence-electron chi connectivity index (χ0n) is 41.4. The molecule has 0 radical (unpaired) electrons. The summed E-state index contributed by atoms with van der Waals surface area (Å²) in [6, 6.07) is -0.798. The molecule has 6 N–H and O–H groups in total. The Labute approximate surface area is 388 Å². The van der Waals surface area contributed by atoms with Crippen LogP contribution >= 0.6 is 0 Å². The number of allylic oxidation sites excluding steroid dienone is 1. The Morgan fingerprint density at radius 1 is 0.524 bits per heavy atom. The van der Waals surface area contributed by atoms with E-state index in [9.17, 15) is 30.3 Å². The van der Waals surface area contributed by atoms with E-state index in [4.69, 9.17) is 9.47 Å². The maximum atomic E-state index is 12.9. The summed E-state index contributed by atoms with van der Waals surface area (Å²) in [5.41, 5.74) is 0. The molecule has 0 saturated carbocycles. The molecular weight excluding hydrogens is 791 g/mol. The van der Waals surface area contributed by atoms with Crippen LogP contribution in [0.1, 0.15) is 271 Å². The molecule has 9 nitrogen and oxygen atoms in total. The third kappa shape index (κ3) is 34.8. The van der Waals surface area contributed by atoms with Gasteiger partial charge in [0.25, 0.3) is 0 Å². The molecule has 1 amide bonds. The van der Waals surface area contributed by atoms with Gasteiger partial charge in [-0.2, -0.15) is 0 Å². The largest absolute Gasteiger partial charge is 0.394 e. The smallest absolute Gasteiger partial charge is 0.220 e. The van der Waals surface area contributed by atoms with Gasteiger partial charge in [-0.25, -0.2) is 0 Å². The molecule has 1 rings (SSSR count). The first-order valence-electron chi connectivity index (χ1n) is 27.4. The monoisotopic (exact) mass is 896 g/mol. The van der Waals surface area contributed by atoms with Crippen molar-refractivity contribution in [3.63, 3.8) is 0 Å².